The van der Waals surface area contributed by atoms with E-state index in [2.05, 4.69) is 5.32 Å². The number of nitrogens with one attached hydrogen (secondary N) is 1. The van der Waals surface area contributed by atoms with Crippen molar-refractivity contribution in [1.29, 1.82) is 0 Å². The van der Waals surface area contributed by atoms with Crippen molar-refractivity contribution < 1.29 is 9.84 Å². The first-order valence-electron chi connectivity index (χ1n) is 5.76. The lowest BCUT2D eigenvalue weighted by molar-refractivity contribution is -0.0893. The second kappa shape index (κ2) is 2.94. The van der Waals surface area contributed by atoms with Gasteiger partial charge in [0.2, 0.25) is 0 Å². The second-order valence-electron chi connectivity index (χ2n) is 5.30. The van der Waals surface area contributed by atoms with Gasteiger partial charge in [0.1, 0.15) is 0 Å². The molecular weight excluding hydrogens is 178 g/mol. The lowest BCUT2D eigenvalue weighted by Crippen LogP contribution is -2.59. The molecule has 3 nitrogen and oxygen atoms in total. The summed E-state index contributed by atoms with van der Waals surface area (Å²) in [6.45, 7) is 3.95. The van der Waals surface area contributed by atoms with Gasteiger partial charge in [-0.1, -0.05) is 0 Å². The second-order valence-corrected chi connectivity index (χ2v) is 5.30. The van der Waals surface area contributed by atoms with Crippen LogP contribution in [0.25, 0.3) is 0 Å². The maximum Gasteiger partial charge on any atom is 0.0725 e. The third-order valence-corrected chi connectivity index (χ3v) is 4.46. The quantitative estimate of drug-likeness (QED) is 0.678. The summed E-state index contributed by atoms with van der Waals surface area (Å²) in [5.41, 5.74) is -0.509. The van der Waals surface area contributed by atoms with Gasteiger partial charge in [0.15, 0.2) is 0 Å². The Morgan fingerprint density at radius 3 is 2.57 bits per heavy atom. The first kappa shape index (κ1) is 9.13. The summed E-state index contributed by atoms with van der Waals surface area (Å²) in [6.07, 6.45) is 4.24. The lowest BCUT2D eigenvalue weighted by atomic mass is 9.69. The van der Waals surface area contributed by atoms with Gasteiger partial charge in [-0.25, -0.2) is 0 Å². The summed E-state index contributed by atoms with van der Waals surface area (Å²) in [4.78, 5) is 0. The molecule has 3 saturated heterocycles. The van der Waals surface area contributed by atoms with Crippen molar-refractivity contribution in [2.45, 2.75) is 44.0 Å². The molecule has 0 aromatic heterocycles. The molecule has 4 unspecified atom stereocenters. The number of hydrogen-bond acceptors (Lipinski definition) is 3. The zero-order valence-corrected chi connectivity index (χ0v) is 8.70. The van der Waals surface area contributed by atoms with Crippen molar-refractivity contribution in [2.24, 2.45) is 11.8 Å². The third kappa shape index (κ3) is 1.16. The summed E-state index contributed by atoms with van der Waals surface area (Å²) in [6, 6.07) is 0. The molecule has 0 radical (unpaired) electrons. The fourth-order valence-corrected chi connectivity index (χ4v) is 3.26. The minimum absolute atomic E-state index is 0.343. The van der Waals surface area contributed by atoms with Gasteiger partial charge in [-0.3, -0.25) is 0 Å². The van der Waals surface area contributed by atoms with E-state index in [9.17, 15) is 5.11 Å². The summed E-state index contributed by atoms with van der Waals surface area (Å²) >= 11 is 0. The van der Waals surface area contributed by atoms with Gasteiger partial charge in [0.05, 0.1) is 17.8 Å². The first-order chi connectivity index (χ1) is 6.68. The molecule has 0 amide bonds. The maximum atomic E-state index is 10.5. The van der Waals surface area contributed by atoms with Gasteiger partial charge in [0.25, 0.3) is 0 Å². The van der Waals surface area contributed by atoms with E-state index in [4.69, 9.17) is 4.74 Å². The highest BCUT2D eigenvalue weighted by Crippen LogP contribution is 2.46. The van der Waals surface area contributed by atoms with Crippen LogP contribution in [0.3, 0.4) is 0 Å². The Morgan fingerprint density at radius 1 is 1.36 bits per heavy atom. The molecule has 3 aliphatic rings. The van der Waals surface area contributed by atoms with Crippen LogP contribution < -0.4 is 5.32 Å². The smallest absolute Gasteiger partial charge is 0.0725 e. The van der Waals surface area contributed by atoms with Crippen LogP contribution in [-0.4, -0.2) is 36.0 Å². The Labute approximate surface area is 84.8 Å². The van der Waals surface area contributed by atoms with Crippen LogP contribution >= 0.6 is 0 Å². The molecular formula is C11H19NO2. The molecule has 3 heterocycles. The Hall–Kier alpha value is -0.120. The molecule has 80 valence electrons. The van der Waals surface area contributed by atoms with E-state index in [-0.39, 0.29) is 0 Å². The molecule has 3 fully saturated rings. The first-order valence-corrected chi connectivity index (χ1v) is 5.76. The standard InChI is InChI=1S/C11H19NO2/c1-11(13,7-5-12-6-7)9-4-8-2-3-10(9)14-8/h7-10,12-13H,2-6H2,1H3. The number of aliphatic hydroxyl groups is 1. The Balaban J connectivity index is 1.74. The number of hydrogen-bond donors (Lipinski definition) is 2. The van der Waals surface area contributed by atoms with Crippen molar-refractivity contribution in [3.8, 4) is 0 Å². The number of rotatable bonds is 2. The monoisotopic (exact) mass is 197 g/mol. The van der Waals surface area contributed by atoms with E-state index in [0.29, 0.717) is 24.0 Å². The third-order valence-electron chi connectivity index (χ3n) is 4.46. The van der Waals surface area contributed by atoms with Crippen LogP contribution in [0.5, 0.6) is 0 Å². The lowest BCUT2D eigenvalue weighted by Gasteiger charge is -2.45. The van der Waals surface area contributed by atoms with Gasteiger partial charge < -0.3 is 15.2 Å². The molecule has 3 rings (SSSR count). The van der Waals surface area contributed by atoms with E-state index >= 15 is 0 Å². The van der Waals surface area contributed by atoms with Gasteiger partial charge in [-0.05, 0) is 26.2 Å². The van der Waals surface area contributed by atoms with Crippen LogP contribution in [0.15, 0.2) is 0 Å². The van der Waals surface area contributed by atoms with E-state index in [1.165, 1.54) is 6.42 Å². The van der Waals surface area contributed by atoms with Gasteiger partial charge in [-0.15, -0.1) is 0 Å². The minimum atomic E-state index is -0.509. The van der Waals surface area contributed by atoms with Crippen LogP contribution in [0, 0.1) is 11.8 Å². The highest BCUT2D eigenvalue weighted by atomic mass is 16.5. The van der Waals surface area contributed by atoms with Gasteiger partial charge in [0, 0.05) is 24.9 Å². The molecule has 0 aliphatic carbocycles. The minimum Gasteiger partial charge on any atom is -0.389 e. The fourth-order valence-electron chi connectivity index (χ4n) is 3.26. The SMILES string of the molecule is CC(O)(C1CNC1)C1CC2CCC1O2. The van der Waals surface area contributed by atoms with E-state index in [1.807, 2.05) is 6.92 Å². The topological polar surface area (TPSA) is 41.5 Å². The van der Waals surface area contributed by atoms with E-state index in [0.717, 1.165) is 25.9 Å². The molecule has 0 saturated carbocycles. The van der Waals surface area contributed by atoms with Crippen molar-refractivity contribution >= 4 is 0 Å². The average Bonchev–Trinajstić information content (AvgIpc) is 2.58. The molecule has 2 N–H and O–H groups in total. The van der Waals surface area contributed by atoms with Gasteiger partial charge in [-0.2, -0.15) is 0 Å². The van der Waals surface area contributed by atoms with Crippen molar-refractivity contribution in [3.63, 3.8) is 0 Å². The fraction of sp³-hybridized carbons (Fsp3) is 1.00. The Bertz CT molecular complexity index is 237. The Kier molecular flexibility index (Phi) is 1.92. The number of ether oxygens (including phenoxy) is 1. The highest BCUT2D eigenvalue weighted by Gasteiger charge is 2.52. The van der Waals surface area contributed by atoms with Crippen molar-refractivity contribution in [2.75, 3.05) is 13.1 Å². The highest BCUT2D eigenvalue weighted by molar-refractivity contribution is 5.03. The normalized spacial score (nSPS) is 46.3. The van der Waals surface area contributed by atoms with Crippen LogP contribution in [0.1, 0.15) is 26.2 Å². The molecule has 14 heavy (non-hydrogen) atoms. The largest absolute Gasteiger partial charge is 0.389 e. The van der Waals surface area contributed by atoms with Crippen LogP contribution in [0.4, 0.5) is 0 Å². The molecule has 3 heteroatoms. The Morgan fingerprint density at radius 2 is 2.14 bits per heavy atom. The predicted octanol–water partition coefficient (Wildman–Crippen LogP) is 0.524. The van der Waals surface area contributed by atoms with Crippen molar-refractivity contribution in [3.05, 3.63) is 0 Å². The van der Waals surface area contributed by atoms with E-state index < -0.39 is 5.60 Å². The summed E-state index contributed by atoms with van der Waals surface area (Å²) in [5.74, 6) is 0.823. The van der Waals surface area contributed by atoms with E-state index in [1.54, 1.807) is 0 Å². The molecule has 0 aromatic carbocycles. The van der Waals surface area contributed by atoms with Crippen LogP contribution in [0.2, 0.25) is 0 Å². The summed E-state index contributed by atoms with van der Waals surface area (Å²) < 4.78 is 5.81. The molecule has 4 atom stereocenters. The predicted molar refractivity (Wildman–Crippen MR) is 53.0 cm³/mol. The molecule has 0 aromatic rings. The van der Waals surface area contributed by atoms with Crippen molar-refractivity contribution in [1.82, 2.24) is 5.32 Å². The van der Waals surface area contributed by atoms with Gasteiger partial charge >= 0.3 is 0 Å². The number of fused-ring (bicyclic) bond motifs is 2. The molecule has 2 bridgehead atoms. The van der Waals surface area contributed by atoms with Crippen LogP contribution in [-0.2, 0) is 4.74 Å². The maximum absolute atomic E-state index is 10.5. The summed E-state index contributed by atoms with van der Waals surface area (Å²) in [7, 11) is 0. The summed E-state index contributed by atoms with van der Waals surface area (Å²) in [5, 5.41) is 13.8. The average molecular weight is 197 g/mol. The molecule has 3 aliphatic heterocycles. The zero-order chi connectivity index (χ0) is 9.76. The zero-order valence-electron chi connectivity index (χ0n) is 8.70. The molecule has 0 spiro atoms.